The zero-order chi connectivity index (χ0) is 21.3. The van der Waals surface area contributed by atoms with Crippen LogP contribution < -0.4 is 0 Å². The fourth-order valence-electron chi connectivity index (χ4n) is 4.76. The second-order valence-electron chi connectivity index (χ2n) is 8.41. The third kappa shape index (κ3) is 3.51. The molecule has 3 heterocycles. The molecule has 0 radical (unpaired) electrons. The van der Waals surface area contributed by atoms with E-state index in [2.05, 4.69) is 29.1 Å². The summed E-state index contributed by atoms with van der Waals surface area (Å²) in [5.74, 6) is -0.0136. The number of piperidine rings is 1. The van der Waals surface area contributed by atoms with Gasteiger partial charge in [0.05, 0.1) is 6.20 Å². The summed E-state index contributed by atoms with van der Waals surface area (Å²) in [4.78, 5) is 32.0. The molecule has 2 saturated heterocycles. The van der Waals surface area contributed by atoms with Crippen molar-refractivity contribution < 1.29 is 9.59 Å². The Balaban J connectivity index is 1.48. The number of nitrogens with zero attached hydrogens (tertiary/aromatic N) is 5. The normalized spacial score (nSPS) is 19.3. The molecule has 2 fully saturated rings. The molecule has 0 aliphatic carbocycles. The number of imide groups is 1. The molecule has 0 atom stereocenters. The van der Waals surface area contributed by atoms with Crippen LogP contribution in [0.15, 0.2) is 36.5 Å². The molecule has 0 unspecified atom stereocenters. The van der Waals surface area contributed by atoms with Gasteiger partial charge in [-0.1, -0.05) is 30.3 Å². The van der Waals surface area contributed by atoms with Gasteiger partial charge in [-0.05, 0) is 38.7 Å². The van der Waals surface area contributed by atoms with E-state index in [4.69, 9.17) is 0 Å². The lowest BCUT2D eigenvalue weighted by Crippen LogP contribution is -2.56. The van der Waals surface area contributed by atoms with Crippen LogP contribution in [0.2, 0.25) is 0 Å². The van der Waals surface area contributed by atoms with Crippen LogP contribution in [0.1, 0.15) is 36.6 Å². The maximum atomic E-state index is 13.3. The standard InChI is InChI=1S/C23H31N5O2/c1-4-27-21(29)23(28(22(27)30)13-10-19-8-6-5-7-9-19)11-14-26(15-12-23)17-20-16-24-25(3)18(20)2/h5-9,16H,4,10-15,17H2,1-3H3. The number of likely N-dealkylation sites (N-methyl/N-ethyl adjacent to an activating group) is 1. The summed E-state index contributed by atoms with van der Waals surface area (Å²) in [5, 5.41) is 4.34. The van der Waals surface area contributed by atoms with E-state index in [1.54, 1.807) is 0 Å². The zero-order valence-corrected chi connectivity index (χ0v) is 18.2. The van der Waals surface area contributed by atoms with Gasteiger partial charge in [0.15, 0.2) is 0 Å². The van der Waals surface area contributed by atoms with E-state index in [9.17, 15) is 9.59 Å². The van der Waals surface area contributed by atoms with Crippen LogP contribution in [-0.2, 0) is 24.8 Å². The monoisotopic (exact) mass is 409 g/mol. The van der Waals surface area contributed by atoms with Crippen molar-refractivity contribution in [1.29, 1.82) is 0 Å². The number of hydrogen-bond donors (Lipinski definition) is 0. The molecule has 1 aromatic heterocycles. The number of urea groups is 1. The minimum atomic E-state index is -0.692. The van der Waals surface area contributed by atoms with Crippen molar-refractivity contribution in [2.24, 2.45) is 7.05 Å². The molecule has 160 valence electrons. The van der Waals surface area contributed by atoms with Gasteiger partial charge in [-0.25, -0.2) is 4.79 Å². The van der Waals surface area contributed by atoms with Gasteiger partial charge in [-0.15, -0.1) is 0 Å². The van der Waals surface area contributed by atoms with Crippen molar-refractivity contribution in [3.05, 3.63) is 53.3 Å². The number of aryl methyl sites for hydroxylation is 1. The molecule has 2 aliphatic rings. The third-order valence-electron chi connectivity index (χ3n) is 6.82. The van der Waals surface area contributed by atoms with Gasteiger partial charge in [0.25, 0.3) is 5.91 Å². The minimum absolute atomic E-state index is 0.0136. The SMILES string of the molecule is CCN1C(=O)N(CCc2ccccc2)C2(CCN(Cc3cnn(C)c3C)CC2)C1=O. The Kier molecular flexibility index (Phi) is 5.64. The van der Waals surface area contributed by atoms with E-state index in [0.717, 1.165) is 26.1 Å². The molecule has 0 N–H and O–H groups in total. The molecule has 1 spiro atoms. The number of carbonyl (C=O) groups excluding carboxylic acids is 2. The van der Waals surface area contributed by atoms with Gasteiger partial charge in [-0.3, -0.25) is 19.3 Å². The maximum absolute atomic E-state index is 13.3. The second kappa shape index (κ2) is 8.22. The molecule has 2 aromatic rings. The fraction of sp³-hybridized carbons (Fsp3) is 0.522. The number of hydrogen-bond acceptors (Lipinski definition) is 4. The Labute approximate surface area is 178 Å². The van der Waals surface area contributed by atoms with E-state index in [0.29, 0.717) is 25.9 Å². The highest BCUT2D eigenvalue weighted by Crippen LogP contribution is 2.37. The van der Waals surface area contributed by atoms with Crippen molar-refractivity contribution in [3.63, 3.8) is 0 Å². The highest BCUT2D eigenvalue weighted by molar-refractivity contribution is 6.07. The number of amides is 3. The number of benzene rings is 1. The fourth-order valence-corrected chi connectivity index (χ4v) is 4.76. The van der Waals surface area contributed by atoms with Crippen molar-refractivity contribution in [2.45, 2.75) is 45.2 Å². The average Bonchev–Trinajstić information content (AvgIpc) is 3.17. The summed E-state index contributed by atoms with van der Waals surface area (Å²) < 4.78 is 1.89. The number of rotatable bonds is 6. The Morgan fingerprint density at radius 1 is 1.10 bits per heavy atom. The highest BCUT2D eigenvalue weighted by Gasteiger charge is 2.57. The Hall–Kier alpha value is -2.67. The van der Waals surface area contributed by atoms with Gasteiger partial charge in [0, 0.05) is 51.0 Å². The van der Waals surface area contributed by atoms with E-state index in [1.807, 2.05) is 47.9 Å². The van der Waals surface area contributed by atoms with E-state index in [1.165, 1.54) is 21.7 Å². The molecule has 4 rings (SSSR count). The van der Waals surface area contributed by atoms with E-state index in [-0.39, 0.29) is 11.9 Å². The van der Waals surface area contributed by atoms with Crippen LogP contribution in [0.3, 0.4) is 0 Å². The number of aromatic nitrogens is 2. The van der Waals surface area contributed by atoms with Crippen LogP contribution in [-0.4, -0.2) is 68.1 Å². The molecular weight excluding hydrogens is 378 g/mol. The third-order valence-corrected chi connectivity index (χ3v) is 6.82. The van der Waals surface area contributed by atoms with Crippen LogP contribution in [0.4, 0.5) is 4.79 Å². The summed E-state index contributed by atoms with van der Waals surface area (Å²) >= 11 is 0. The summed E-state index contributed by atoms with van der Waals surface area (Å²) in [6, 6.07) is 10.0. The maximum Gasteiger partial charge on any atom is 0.327 e. The lowest BCUT2D eigenvalue weighted by molar-refractivity contribution is -0.135. The summed E-state index contributed by atoms with van der Waals surface area (Å²) in [5.41, 5.74) is 2.89. The van der Waals surface area contributed by atoms with Crippen molar-refractivity contribution in [2.75, 3.05) is 26.2 Å². The first-order chi connectivity index (χ1) is 14.5. The molecule has 0 bridgehead atoms. The predicted molar refractivity (Wildman–Crippen MR) is 115 cm³/mol. The minimum Gasteiger partial charge on any atom is -0.309 e. The first-order valence-corrected chi connectivity index (χ1v) is 10.8. The molecule has 30 heavy (non-hydrogen) atoms. The van der Waals surface area contributed by atoms with E-state index >= 15 is 0 Å². The van der Waals surface area contributed by atoms with Crippen molar-refractivity contribution >= 4 is 11.9 Å². The number of likely N-dealkylation sites (tertiary alicyclic amines) is 1. The van der Waals surface area contributed by atoms with Gasteiger partial charge in [0.1, 0.15) is 5.54 Å². The molecular formula is C23H31N5O2. The zero-order valence-electron chi connectivity index (χ0n) is 18.2. The lowest BCUT2D eigenvalue weighted by atomic mass is 9.85. The lowest BCUT2D eigenvalue weighted by Gasteiger charge is -2.42. The molecule has 7 heteroatoms. The Morgan fingerprint density at radius 3 is 2.40 bits per heavy atom. The van der Waals surface area contributed by atoms with Gasteiger partial charge < -0.3 is 4.90 Å². The van der Waals surface area contributed by atoms with Crippen LogP contribution in [0.25, 0.3) is 0 Å². The Bertz CT molecular complexity index is 915. The molecule has 2 aliphatic heterocycles. The van der Waals surface area contributed by atoms with Crippen molar-refractivity contribution in [1.82, 2.24) is 24.5 Å². The van der Waals surface area contributed by atoms with Crippen LogP contribution >= 0.6 is 0 Å². The van der Waals surface area contributed by atoms with E-state index < -0.39 is 5.54 Å². The topological polar surface area (TPSA) is 61.7 Å². The quantitative estimate of drug-likeness (QED) is 0.688. The van der Waals surface area contributed by atoms with Crippen molar-refractivity contribution in [3.8, 4) is 0 Å². The summed E-state index contributed by atoms with van der Waals surface area (Å²) in [6.07, 6.45) is 4.05. The summed E-state index contributed by atoms with van der Waals surface area (Å²) in [6.45, 7) is 7.40. The molecule has 3 amide bonds. The molecule has 7 nitrogen and oxygen atoms in total. The molecule has 0 saturated carbocycles. The predicted octanol–water partition coefficient (Wildman–Crippen LogP) is 2.59. The smallest absolute Gasteiger partial charge is 0.309 e. The first kappa shape index (κ1) is 20.6. The van der Waals surface area contributed by atoms with Gasteiger partial charge >= 0.3 is 6.03 Å². The molecule has 1 aromatic carbocycles. The second-order valence-corrected chi connectivity index (χ2v) is 8.41. The largest absolute Gasteiger partial charge is 0.327 e. The summed E-state index contributed by atoms with van der Waals surface area (Å²) in [7, 11) is 1.96. The van der Waals surface area contributed by atoms with Gasteiger partial charge in [-0.2, -0.15) is 5.10 Å². The highest BCUT2D eigenvalue weighted by atomic mass is 16.2. The first-order valence-electron chi connectivity index (χ1n) is 10.8. The number of carbonyl (C=O) groups is 2. The van der Waals surface area contributed by atoms with Crippen LogP contribution in [0, 0.1) is 6.92 Å². The average molecular weight is 410 g/mol. The van der Waals surface area contributed by atoms with Crippen LogP contribution in [0.5, 0.6) is 0 Å². The van der Waals surface area contributed by atoms with Gasteiger partial charge in [0.2, 0.25) is 0 Å². The Morgan fingerprint density at radius 2 is 1.80 bits per heavy atom.